The van der Waals surface area contributed by atoms with Gasteiger partial charge in [-0.2, -0.15) is 0 Å². The summed E-state index contributed by atoms with van der Waals surface area (Å²) >= 11 is 0. The molecule has 0 aliphatic heterocycles. The summed E-state index contributed by atoms with van der Waals surface area (Å²) < 4.78 is 5.92. The lowest BCUT2D eigenvalue weighted by Crippen LogP contribution is -2.09. The topological polar surface area (TPSA) is 75.2 Å². The number of fused-ring (bicyclic) bond motifs is 1. The average Bonchev–Trinajstić information content (AvgIpc) is 2.98. The van der Waals surface area contributed by atoms with E-state index in [2.05, 4.69) is 9.97 Å². The van der Waals surface area contributed by atoms with Crippen molar-refractivity contribution >= 4 is 17.0 Å². The van der Waals surface area contributed by atoms with Crippen LogP contribution in [-0.2, 0) is 4.79 Å². The second-order valence-corrected chi connectivity index (χ2v) is 6.05. The molecule has 0 aliphatic carbocycles. The van der Waals surface area contributed by atoms with Crippen LogP contribution in [0.3, 0.4) is 0 Å². The minimum absolute atomic E-state index is 0.0338. The number of ether oxygens (including phenoxy) is 1. The number of carbonyl (C=O) groups is 1. The normalized spacial score (nSPS) is 12.5. The minimum Gasteiger partial charge on any atom is -0.490 e. The Morgan fingerprint density at radius 1 is 1.17 bits per heavy atom. The zero-order chi connectivity index (χ0) is 17.3. The number of aromatic amines is 1. The number of carboxylic acid groups (broad SMARTS) is 1. The highest BCUT2D eigenvalue weighted by molar-refractivity contribution is 5.99. The molecule has 0 fully saturated rings. The number of hydrogen-bond donors (Lipinski definition) is 2. The fraction of sp³-hybridized carbons (Fsp3) is 0.263. The molecule has 0 saturated carbocycles. The Labute approximate surface area is 140 Å². The fourth-order valence-electron chi connectivity index (χ4n) is 2.84. The number of H-pyrrole nitrogens is 1. The predicted octanol–water partition coefficient (Wildman–Crippen LogP) is 4.21. The first-order chi connectivity index (χ1) is 11.5. The van der Waals surface area contributed by atoms with Crippen LogP contribution in [0.15, 0.2) is 42.7 Å². The molecule has 0 aliphatic rings. The molecule has 0 bridgehead atoms. The summed E-state index contributed by atoms with van der Waals surface area (Å²) in [5, 5.41) is 10.3. The van der Waals surface area contributed by atoms with Gasteiger partial charge >= 0.3 is 5.97 Å². The Balaban J connectivity index is 2.23. The van der Waals surface area contributed by atoms with Crippen molar-refractivity contribution in [3.63, 3.8) is 0 Å². The first-order valence-electron chi connectivity index (χ1n) is 7.94. The molecule has 3 rings (SSSR count). The first kappa shape index (κ1) is 16.1. The molecule has 24 heavy (non-hydrogen) atoms. The molecule has 1 aromatic carbocycles. The van der Waals surface area contributed by atoms with Gasteiger partial charge in [0.25, 0.3) is 0 Å². The molecule has 3 aromatic rings. The fourth-order valence-corrected chi connectivity index (χ4v) is 2.84. The Hall–Kier alpha value is -2.82. The number of nitrogens with one attached hydrogen (secondary N) is 1. The minimum atomic E-state index is -0.848. The Bertz CT molecular complexity index is 883. The monoisotopic (exact) mass is 324 g/mol. The number of benzene rings is 1. The summed E-state index contributed by atoms with van der Waals surface area (Å²) in [6.45, 7) is 5.64. The highest BCUT2D eigenvalue weighted by Crippen LogP contribution is 2.38. The summed E-state index contributed by atoms with van der Waals surface area (Å²) in [5.41, 5.74) is 3.27. The lowest BCUT2D eigenvalue weighted by Gasteiger charge is -2.15. The molecule has 5 nitrogen and oxygen atoms in total. The molecule has 0 radical (unpaired) electrons. The van der Waals surface area contributed by atoms with E-state index in [4.69, 9.17) is 4.74 Å². The maximum Gasteiger partial charge on any atom is 0.310 e. The second-order valence-electron chi connectivity index (χ2n) is 6.05. The van der Waals surface area contributed by atoms with Gasteiger partial charge in [0.2, 0.25) is 0 Å². The second kappa shape index (κ2) is 6.35. The van der Waals surface area contributed by atoms with Crippen molar-refractivity contribution in [2.45, 2.75) is 32.8 Å². The SMILES string of the molecule is CC(C)Oc1ccnc2[nH]cc(-c3ccccc3C(C)C(=O)O)c12. The van der Waals surface area contributed by atoms with Gasteiger partial charge in [0.15, 0.2) is 0 Å². The van der Waals surface area contributed by atoms with E-state index < -0.39 is 11.9 Å². The highest BCUT2D eigenvalue weighted by atomic mass is 16.5. The molecule has 1 atom stereocenters. The molecular formula is C19H20N2O3. The van der Waals surface area contributed by atoms with Gasteiger partial charge in [-0.25, -0.2) is 4.98 Å². The van der Waals surface area contributed by atoms with Gasteiger partial charge in [0.1, 0.15) is 11.4 Å². The summed E-state index contributed by atoms with van der Waals surface area (Å²) in [5.74, 6) is -0.708. The molecule has 2 N–H and O–H groups in total. The van der Waals surface area contributed by atoms with Gasteiger partial charge < -0.3 is 14.8 Å². The largest absolute Gasteiger partial charge is 0.490 e. The number of pyridine rings is 1. The number of aromatic nitrogens is 2. The molecule has 5 heteroatoms. The lowest BCUT2D eigenvalue weighted by molar-refractivity contribution is -0.138. The van der Waals surface area contributed by atoms with Crippen molar-refractivity contribution in [3.05, 3.63) is 48.3 Å². The highest BCUT2D eigenvalue weighted by Gasteiger charge is 2.21. The van der Waals surface area contributed by atoms with Crippen LogP contribution in [0.2, 0.25) is 0 Å². The van der Waals surface area contributed by atoms with Gasteiger partial charge in [0, 0.05) is 18.0 Å². The summed E-state index contributed by atoms with van der Waals surface area (Å²) in [7, 11) is 0. The molecular weight excluding hydrogens is 304 g/mol. The van der Waals surface area contributed by atoms with Crippen LogP contribution in [0.1, 0.15) is 32.3 Å². The van der Waals surface area contributed by atoms with Crippen molar-refractivity contribution in [2.75, 3.05) is 0 Å². The molecule has 2 heterocycles. The third-order valence-corrected chi connectivity index (χ3v) is 3.99. The maximum atomic E-state index is 11.5. The molecule has 0 spiro atoms. The Morgan fingerprint density at radius 2 is 1.92 bits per heavy atom. The molecule has 1 unspecified atom stereocenters. The number of nitrogens with zero attached hydrogens (tertiary/aromatic N) is 1. The van der Waals surface area contributed by atoms with Crippen molar-refractivity contribution in [1.29, 1.82) is 0 Å². The number of hydrogen-bond acceptors (Lipinski definition) is 3. The van der Waals surface area contributed by atoms with E-state index in [0.717, 1.165) is 33.5 Å². The van der Waals surface area contributed by atoms with Crippen molar-refractivity contribution in [2.24, 2.45) is 0 Å². The van der Waals surface area contributed by atoms with E-state index in [-0.39, 0.29) is 6.10 Å². The van der Waals surface area contributed by atoms with E-state index in [1.165, 1.54) is 0 Å². The third kappa shape index (κ3) is 2.85. The van der Waals surface area contributed by atoms with E-state index in [0.29, 0.717) is 0 Å². The van der Waals surface area contributed by atoms with Crippen molar-refractivity contribution in [3.8, 4) is 16.9 Å². The van der Waals surface area contributed by atoms with Crippen molar-refractivity contribution < 1.29 is 14.6 Å². The lowest BCUT2D eigenvalue weighted by atomic mass is 9.91. The first-order valence-corrected chi connectivity index (χ1v) is 7.94. The molecule has 2 aromatic heterocycles. The van der Waals surface area contributed by atoms with Crippen LogP contribution in [0, 0.1) is 0 Å². The maximum absolute atomic E-state index is 11.5. The smallest absolute Gasteiger partial charge is 0.310 e. The standard InChI is InChI=1S/C19H20N2O3/c1-11(2)24-16-8-9-20-18-17(16)15(10-21-18)14-7-5-4-6-13(14)12(3)19(22)23/h4-12H,1-3H3,(H,20,21)(H,22,23). The van der Waals surface area contributed by atoms with Crippen LogP contribution in [0.5, 0.6) is 5.75 Å². The van der Waals surface area contributed by atoms with Gasteiger partial charge in [-0.05, 0) is 38.0 Å². The Kier molecular flexibility index (Phi) is 4.25. The van der Waals surface area contributed by atoms with Gasteiger partial charge in [-0.3, -0.25) is 4.79 Å². The predicted molar refractivity (Wildman–Crippen MR) is 93.3 cm³/mol. The van der Waals surface area contributed by atoms with Crippen LogP contribution < -0.4 is 4.74 Å². The van der Waals surface area contributed by atoms with Crippen LogP contribution in [0.4, 0.5) is 0 Å². The molecule has 0 saturated heterocycles. The summed E-state index contributed by atoms with van der Waals surface area (Å²) in [4.78, 5) is 19.0. The average molecular weight is 324 g/mol. The Morgan fingerprint density at radius 3 is 2.62 bits per heavy atom. The number of aliphatic carboxylic acids is 1. The van der Waals surface area contributed by atoms with Gasteiger partial charge in [-0.15, -0.1) is 0 Å². The number of rotatable bonds is 5. The number of carboxylic acids is 1. The summed E-state index contributed by atoms with van der Waals surface area (Å²) in [6, 6.07) is 9.39. The van der Waals surface area contributed by atoms with Crippen LogP contribution >= 0.6 is 0 Å². The van der Waals surface area contributed by atoms with Gasteiger partial charge in [-0.1, -0.05) is 24.3 Å². The van der Waals surface area contributed by atoms with Crippen molar-refractivity contribution in [1.82, 2.24) is 9.97 Å². The van der Waals surface area contributed by atoms with E-state index in [9.17, 15) is 9.90 Å². The molecule has 124 valence electrons. The quantitative estimate of drug-likeness (QED) is 0.737. The van der Waals surface area contributed by atoms with Gasteiger partial charge in [0.05, 0.1) is 17.4 Å². The molecule has 0 amide bonds. The van der Waals surface area contributed by atoms with E-state index in [1.807, 2.05) is 50.4 Å². The van der Waals surface area contributed by atoms with E-state index in [1.54, 1.807) is 13.1 Å². The van der Waals surface area contributed by atoms with Crippen LogP contribution in [0.25, 0.3) is 22.2 Å². The zero-order valence-electron chi connectivity index (χ0n) is 13.9. The van der Waals surface area contributed by atoms with E-state index >= 15 is 0 Å². The summed E-state index contributed by atoms with van der Waals surface area (Å²) in [6.07, 6.45) is 3.59. The zero-order valence-corrected chi connectivity index (χ0v) is 13.9. The third-order valence-electron chi connectivity index (χ3n) is 3.99. The van der Waals surface area contributed by atoms with Crippen LogP contribution in [-0.4, -0.2) is 27.1 Å².